The molecule has 2 rings (SSSR count). The summed E-state index contributed by atoms with van der Waals surface area (Å²) < 4.78 is 0. The lowest BCUT2D eigenvalue weighted by atomic mass is 10.00. The number of nitrogens with one attached hydrogen (secondary N) is 1. The van der Waals surface area contributed by atoms with Gasteiger partial charge in [-0.2, -0.15) is 0 Å². The number of hydrogen-bond donors (Lipinski definition) is 3. The topological polar surface area (TPSA) is 75.3 Å². The minimum Gasteiger partial charge on any atom is -0.399 e. The van der Waals surface area contributed by atoms with E-state index in [-0.39, 0.29) is 18.4 Å². The molecule has 2 aromatic rings. The molecule has 0 bridgehead atoms. The Balaban J connectivity index is 1.94. The van der Waals surface area contributed by atoms with Gasteiger partial charge in [-0.05, 0) is 35.7 Å². The maximum Gasteiger partial charge on any atom is 0.227 e. The van der Waals surface area contributed by atoms with Gasteiger partial charge in [0, 0.05) is 12.2 Å². The number of carbonyl (C=O) groups is 1. The molecule has 4 N–H and O–H groups in total. The van der Waals surface area contributed by atoms with Crippen molar-refractivity contribution in [3.63, 3.8) is 0 Å². The Hall–Kier alpha value is -2.33. The first-order chi connectivity index (χ1) is 10.1. The summed E-state index contributed by atoms with van der Waals surface area (Å²) in [5.74, 6) is -0.281. The highest BCUT2D eigenvalue weighted by atomic mass is 16.3. The van der Waals surface area contributed by atoms with Crippen LogP contribution in [0.4, 0.5) is 5.69 Å². The molecular formula is C17H20N2O2. The predicted octanol–water partition coefficient (Wildman–Crippen LogP) is 2.18. The third kappa shape index (κ3) is 4.07. The van der Waals surface area contributed by atoms with Crippen molar-refractivity contribution < 1.29 is 9.90 Å². The number of rotatable bonds is 5. The number of hydrogen-bond acceptors (Lipinski definition) is 3. The summed E-state index contributed by atoms with van der Waals surface area (Å²) in [7, 11) is 0. The van der Waals surface area contributed by atoms with Crippen LogP contribution in [-0.2, 0) is 17.9 Å². The summed E-state index contributed by atoms with van der Waals surface area (Å²) >= 11 is 0. The van der Waals surface area contributed by atoms with Crippen LogP contribution in [0, 0.1) is 0 Å². The average Bonchev–Trinajstić information content (AvgIpc) is 2.52. The number of nitrogens with two attached hydrogens (primary N) is 1. The standard InChI is InChI=1S/C17H20N2O2/c1-12(15-3-2-4-16(18)9-15)17(21)19-10-13-5-7-14(11-20)8-6-13/h2-9,12,20H,10-11,18H2,1H3,(H,19,21). The minimum atomic E-state index is -0.245. The monoisotopic (exact) mass is 284 g/mol. The fourth-order valence-corrected chi connectivity index (χ4v) is 2.08. The molecule has 21 heavy (non-hydrogen) atoms. The zero-order valence-electron chi connectivity index (χ0n) is 12.0. The van der Waals surface area contributed by atoms with Gasteiger partial charge in [0.2, 0.25) is 5.91 Å². The number of aliphatic hydroxyl groups is 1. The summed E-state index contributed by atoms with van der Waals surface area (Å²) in [6.07, 6.45) is 0. The number of amides is 1. The fourth-order valence-electron chi connectivity index (χ4n) is 2.08. The van der Waals surface area contributed by atoms with E-state index in [4.69, 9.17) is 10.8 Å². The zero-order chi connectivity index (χ0) is 15.2. The molecule has 0 saturated carbocycles. The molecule has 0 aliphatic carbocycles. The Labute approximate surface area is 124 Å². The van der Waals surface area contributed by atoms with Crippen molar-refractivity contribution in [2.75, 3.05) is 5.73 Å². The second-order valence-electron chi connectivity index (χ2n) is 5.08. The van der Waals surface area contributed by atoms with Crippen molar-refractivity contribution in [3.8, 4) is 0 Å². The number of carbonyl (C=O) groups excluding carboxylic acids is 1. The Morgan fingerprint density at radius 1 is 1.19 bits per heavy atom. The molecule has 0 saturated heterocycles. The average molecular weight is 284 g/mol. The molecule has 0 aliphatic heterocycles. The van der Waals surface area contributed by atoms with Gasteiger partial charge in [-0.3, -0.25) is 4.79 Å². The van der Waals surface area contributed by atoms with E-state index >= 15 is 0 Å². The molecule has 110 valence electrons. The van der Waals surface area contributed by atoms with E-state index in [1.54, 1.807) is 6.07 Å². The van der Waals surface area contributed by atoms with Crippen LogP contribution >= 0.6 is 0 Å². The lowest BCUT2D eigenvalue weighted by Crippen LogP contribution is -2.27. The summed E-state index contributed by atoms with van der Waals surface area (Å²) in [5, 5.41) is 11.9. The van der Waals surface area contributed by atoms with Crippen LogP contribution in [0.15, 0.2) is 48.5 Å². The van der Waals surface area contributed by atoms with E-state index < -0.39 is 0 Å². The quantitative estimate of drug-likeness (QED) is 0.737. The van der Waals surface area contributed by atoms with Crippen molar-refractivity contribution in [1.29, 1.82) is 0 Å². The SMILES string of the molecule is CC(C(=O)NCc1ccc(CO)cc1)c1cccc(N)c1. The maximum atomic E-state index is 12.2. The van der Waals surface area contributed by atoms with E-state index in [2.05, 4.69) is 5.32 Å². The van der Waals surface area contributed by atoms with Crippen molar-refractivity contribution in [2.24, 2.45) is 0 Å². The zero-order valence-corrected chi connectivity index (χ0v) is 12.0. The first-order valence-electron chi connectivity index (χ1n) is 6.92. The molecule has 4 heteroatoms. The van der Waals surface area contributed by atoms with E-state index in [1.165, 1.54) is 0 Å². The van der Waals surface area contributed by atoms with E-state index in [9.17, 15) is 4.79 Å². The second kappa shape index (κ2) is 6.90. The number of benzene rings is 2. The van der Waals surface area contributed by atoms with Gasteiger partial charge in [0.15, 0.2) is 0 Å². The van der Waals surface area contributed by atoms with Crippen LogP contribution in [0.1, 0.15) is 29.5 Å². The predicted molar refractivity (Wildman–Crippen MR) is 83.5 cm³/mol. The van der Waals surface area contributed by atoms with Gasteiger partial charge in [-0.15, -0.1) is 0 Å². The van der Waals surface area contributed by atoms with Gasteiger partial charge in [0.25, 0.3) is 0 Å². The minimum absolute atomic E-state index is 0.0269. The molecule has 0 radical (unpaired) electrons. The van der Waals surface area contributed by atoms with Crippen molar-refractivity contribution in [3.05, 3.63) is 65.2 Å². The Bertz CT molecular complexity index is 608. The maximum absolute atomic E-state index is 12.2. The van der Waals surface area contributed by atoms with Crippen LogP contribution in [0.25, 0.3) is 0 Å². The smallest absolute Gasteiger partial charge is 0.227 e. The van der Waals surface area contributed by atoms with E-state index in [1.807, 2.05) is 49.4 Å². The highest BCUT2D eigenvalue weighted by Gasteiger charge is 2.14. The molecule has 2 aromatic carbocycles. The first-order valence-corrected chi connectivity index (χ1v) is 6.92. The Morgan fingerprint density at radius 2 is 1.86 bits per heavy atom. The third-order valence-corrected chi connectivity index (χ3v) is 3.48. The number of aliphatic hydroxyl groups excluding tert-OH is 1. The highest BCUT2D eigenvalue weighted by Crippen LogP contribution is 2.18. The van der Waals surface area contributed by atoms with Gasteiger partial charge in [-0.25, -0.2) is 0 Å². The molecule has 0 fully saturated rings. The van der Waals surface area contributed by atoms with Crippen molar-refractivity contribution in [2.45, 2.75) is 26.0 Å². The lowest BCUT2D eigenvalue weighted by molar-refractivity contribution is -0.122. The highest BCUT2D eigenvalue weighted by molar-refractivity contribution is 5.83. The molecule has 1 unspecified atom stereocenters. The molecule has 1 amide bonds. The molecule has 0 aliphatic rings. The number of nitrogen functional groups attached to an aromatic ring is 1. The van der Waals surface area contributed by atoms with Crippen LogP contribution in [0.2, 0.25) is 0 Å². The normalized spacial score (nSPS) is 11.9. The van der Waals surface area contributed by atoms with E-state index in [0.717, 1.165) is 16.7 Å². The molecular weight excluding hydrogens is 264 g/mol. The molecule has 0 aromatic heterocycles. The Morgan fingerprint density at radius 3 is 2.48 bits per heavy atom. The van der Waals surface area contributed by atoms with Gasteiger partial charge in [-0.1, -0.05) is 36.4 Å². The summed E-state index contributed by atoms with van der Waals surface area (Å²) in [4.78, 5) is 12.2. The fraction of sp³-hybridized carbons (Fsp3) is 0.235. The Kier molecular flexibility index (Phi) is 4.95. The largest absolute Gasteiger partial charge is 0.399 e. The second-order valence-corrected chi connectivity index (χ2v) is 5.08. The van der Waals surface area contributed by atoms with E-state index in [0.29, 0.717) is 12.2 Å². The van der Waals surface area contributed by atoms with Gasteiger partial charge in [0.1, 0.15) is 0 Å². The molecule has 0 spiro atoms. The third-order valence-electron chi connectivity index (χ3n) is 3.48. The first kappa shape index (κ1) is 15.1. The van der Waals surface area contributed by atoms with Gasteiger partial charge in [0.05, 0.1) is 12.5 Å². The molecule has 4 nitrogen and oxygen atoms in total. The van der Waals surface area contributed by atoms with Crippen LogP contribution in [-0.4, -0.2) is 11.0 Å². The number of anilines is 1. The molecule has 1 atom stereocenters. The van der Waals surface area contributed by atoms with Crippen LogP contribution < -0.4 is 11.1 Å². The van der Waals surface area contributed by atoms with Crippen molar-refractivity contribution in [1.82, 2.24) is 5.32 Å². The molecule has 0 heterocycles. The van der Waals surface area contributed by atoms with Gasteiger partial charge < -0.3 is 16.2 Å². The van der Waals surface area contributed by atoms with Gasteiger partial charge >= 0.3 is 0 Å². The summed E-state index contributed by atoms with van der Waals surface area (Å²) in [6, 6.07) is 14.9. The summed E-state index contributed by atoms with van der Waals surface area (Å²) in [5.41, 5.74) is 9.16. The van der Waals surface area contributed by atoms with Crippen molar-refractivity contribution >= 4 is 11.6 Å². The van der Waals surface area contributed by atoms with Crippen LogP contribution in [0.5, 0.6) is 0 Å². The van der Waals surface area contributed by atoms with Crippen LogP contribution in [0.3, 0.4) is 0 Å². The summed E-state index contributed by atoms with van der Waals surface area (Å²) in [6.45, 7) is 2.36. The lowest BCUT2D eigenvalue weighted by Gasteiger charge is -2.13.